The molecule has 0 saturated carbocycles. The highest BCUT2D eigenvalue weighted by molar-refractivity contribution is 7.26. The SMILES string of the molecule is c1ccc(-c2nc(-c3ccc(-c4cccc5c4sc4ccccc45)cc3)nc(-c3ccc(-c4ccc5ccccc5c4)c(-n4c5ccccc5c5ccccc54)c3)n2)cc1. The van der Waals surface area contributed by atoms with Crippen molar-refractivity contribution in [2.45, 2.75) is 0 Å². The molecule has 280 valence electrons. The maximum Gasteiger partial charge on any atom is 0.164 e. The number of nitrogens with zero attached hydrogens (tertiary/aromatic N) is 4. The van der Waals surface area contributed by atoms with Crippen LogP contribution in [0.4, 0.5) is 0 Å². The van der Waals surface area contributed by atoms with E-state index in [4.69, 9.17) is 15.0 Å². The number of para-hydroxylation sites is 2. The average Bonchev–Trinajstić information content (AvgIpc) is 3.87. The number of thiophene rings is 1. The van der Waals surface area contributed by atoms with Crippen molar-refractivity contribution in [1.82, 2.24) is 19.5 Å². The lowest BCUT2D eigenvalue weighted by atomic mass is 9.98. The first-order valence-electron chi connectivity index (χ1n) is 20.2. The maximum absolute atomic E-state index is 5.24. The van der Waals surface area contributed by atoms with E-state index in [-0.39, 0.29) is 0 Å². The second-order valence-corrected chi connectivity index (χ2v) is 16.2. The van der Waals surface area contributed by atoms with Crippen LogP contribution in [0.5, 0.6) is 0 Å². The number of fused-ring (bicyclic) bond motifs is 7. The van der Waals surface area contributed by atoms with E-state index in [1.807, 2.05) is 29.5 Å². The third kappa shape index (κ3) is 5.70. The lowest BCUT2D eigenvalue weighted by Gasteiger charge is -2.17. The van der Waals surface area contributed by atoms with Gasteiger partial charge in [-0.1, -0.05) is 176 Å². The fourth-order valence-electron chi connectivity index (χ4n) is 8.76. The molecule has 4 nitrogen and oxygen atoms in total. The van der Waals surface area contributed by atoms with Crippen molar-refractivity contribution in [2.24, 2.45) is 0 Å². The summed E-state index contributed by atoms with van der Waals surface area (Å²) in [7, 11) is 0. The monoisotopic (exact) mass is 782 g/mol. The van der Waals surface area contributed by atoms with Crippen molar-refractivity contribution in [3.8, 4) is 62.1 Å². The summed E-state index contributed by atoms with van der Waals surface area (Å²) in [5.74, 6) is 1.87. The Morgan fingerprint density at radius 2 is 0.883 bits per heavy atom. The van der Waals surface area contributed by atoms with Crippen LogP contribution in [-0.4, -0.2) is 19.5 Å². The summed E-state index contributed by atoms with van der Waals surface area (Å²) in [6.45, 7) is 0. The normalized spacial score (nSPS) is 11.7. The Morgan fingerprint density at radius 1 is 0.333 bits per heavy atom. The molecule has 0 unspecified atom stereocenters. The van der Waals surface area contributed by atoms with E-state index in [0.717, 1.165) is 50.1 Å². The Morgan fingerprint density at radius 3 is 1.63 bits per heavy atom. The molecular formula is C55H34N4S. The molecule has 5 heteroatoms. The Kier molecular flexibility index (Phi) is 8.00. The summed E-state index contributed by atoms with van der Waals surface area (Å²) in [5, 5.41) is 7.43. The molecule has 0 atom stereocenters. The van der Waals surface area contributed by atoms with E-state index in [0.29, 0.717) is 17.5 Å². The van der Waals surface area contributed by atoms with Gasteiger partial charge in [0.2, 0.25) is 0 Å². The molecule has 12 rings (SSSR count). The fraction of sp³-hybridized carbons (Fsp3) is 0. The summed E-state index contributed by atoms with van der Waals surface area (Å²) in [6, 6.07) is 73.4. The molecule has 0 bridgehead atoms. The molecule has 0 aliphatic heterocycles. The highest BCUT2D eigenvalue weighted by Gasteiger charge is 2.19. The quantitative estimate of drug-likeness (QED) is 0.169. The van der Waals surface area contributed by atoms with Gasteiger partial charge in [0.25, 0.3) is 0 Å². The van der Waals surface area contributed by atoms with Crippen LogP contribution in [0.15, 0.2) is 206 Å². The van der Waals surface area contributed by atoms with Gasteiger partial charge in [0.05, 0.1) is 16.7 Å². The molecule has 0 N–H and O–H groups in total. The Hall–Kier alpha value is -7.73. The lowest BCUT2D eigenvalue weighted by molar-refractivity contribution is 1.07. The molecule has 0 amide bonds. The molecular weight excluding hydrogens is 749 g/mol. The average molecular weight is 783 g/mol. The third-order valence-electron chi connectivity index (χ3n) is 11.7. The number of hydrogen-bond donors (Lipinski definition) is 0. The van der Waals surface area contributed by atoms with Gasteiger partial charge in [-0.15, -0.1) is 11.3 Å². The van der Waals surface area contributed by atoms with Crippen molar-refractivity contribution in [3.05, 3.63) is 206 Å². The molecule has 0 spiro atoms. The summed E-state index contributed by atoms with van der Waals surface area (Å²) in [4.78, 5) is 15.5. The van der Waals surface area contributed by atoms with Crippen LogP contribution in [0.3, 0.4) is 0 Å². The Labute approximate surface area is 350 Å². The molecule has 9 aromatic carbocycles. The van der Waals surface area contributed by atoms with E-state index < -0.39 is 0 Å². The van der Waals surface area contributed by atoms with Crippen LogP contribution in [0.25, 0.3) is 115 Å². The molecule has 0 saturated heterocycles. The third-order valence-corrected chi connectivity index (χ3v) is 12.9. The van der Waals surface area contributed by atoms with Gasteiger partial charge in [0.1, 0.15) is 0 Å². The summed E-state index contributed by atoms with van der Waals surface area (Å²) in [5.41, 5.74) is 10.8. The maximum atomic E-state index is 5.24. The molecule has 60 heavy (non-hydrogen) atoms. The molecule has 0 fully saturated rings. The lowest BCUT2D eigenvalue weighted by Crippen LogP contribution is -2.02. The highest BCUT2D eigenvalue weighted by Crippen LogP contribution is 2.41. The van der Waals surface area contributed by atoms with Gasteiger partial charge in [-0.05, 0) is 57.8 Å². The molecule has 0 aliphatic rings. The largest absolute Gasteiger partial charge is 0.309 e. The molecule has 0 aliphatic carbocycles. The van der Waals surface area contributed by atoms with Gasteiger partial charge in [-0.2, -0.15) is 0 Å². The second-order valence-electron chi connectivity index (χ2n) is 15.2. The molecule has 3 aromatic heterocycles. The van der Waals surface area contributed by atoms with Crippen molar-refractivity contribution < 1.29 is 0 Å². The predicted octanol–water partition coefficient (Wildman–Crippen LogP) is 14.8. The molecule has 3 heterocycles. The fourth-order valence-corrected chi connectivity index (χ4v) is 10.0. The summed E-state index contributed by atoms with van der Waals surface area (Å²) in [6.07, 6.45) is 0. The van der Waals surface area contributed by atoms with Crippen LogP contribution in [-0.2, 0) is 0 Å². The minimum Gasteiger partial charge on any atom is -0.309 e. The zero-order valence-electron chi connectivity index (χ0n) is 32.3. The topological polar surface area (TPSA) is 43.6 Å². The Balaban J connectivity index is 1.04. The summed E-state index contributed by atoms with van der Waals surface area (Å²) >= 11 is 1.85. The van der Waals surface area contributed by atoms with Crippen molar-refractivity contribution in [1.29, 1.82) is 0 Å². The van der Waals surface area contributed by atoms with Crippen molar-refractivity contribution in [3.63, 3.8) is 0 Å². The first-order chi connectivity index (χ1) is 29.7. The van der Waals surface area contributed by atoms with E-state index >= 15 is 0 Å². The predicted molar refractivity (Wildman–Crippen MR) is 252 cm³/mol. The first kappa shape index (κ1) is 34.3. The zero-order valence-corrected chi connectivity index (χ0v) is 33.1. The number of rotatable bonds is 6. The smallest absolute Gasteiger partial charge is 0.164 e. The minimum atomic E-state index is 0.616. The van der Waals surface area contributed by atoms with Gasteiger partial charge in [0, 0.05) is 53.2 Å². The number of hydrogen-bond acceptors (Lipinski definition) is 4. The van der Waals surface area contributed by atoms with Gasteiger partial charge in [0.15, 0.2) is 17.5 Å². The van der Waals surface area contributed by atoms with E-state index in [2.05, 4.69) is 193 Å². The van der Waals surface area contributed by atoms with E-state index in [1.165, 1.54) is 47.3 Å². The van der Waals surface area contributed by atoms with Crippen molar-refractivity contribution in [2.75, 3.05) is 0 Å². The van der Waals surface area contributed by atoms with Crippen LogP contribution >= 0.6 is 11.3 Å². The Bertz CT molecular complexity index is 3550. The van der Waals surface area contributed by atoms with Gasteiger partial charge < -0.3 is 4.57 Å². The first-order valence-corrected chi connectivity index (χ1v) is 21.0. The van der Waals surface area contributed by atoms with Crippen LogP contribution in [0.1, 0.15) is 0 Å². The second kappa shape index (κ2) is 14.0. The zero-order chi connectivity index (χ0) is 39.6. The minimum absolute atomic E-state index is 0.616. The van der Waals surface area contributed by atoms with Gasteiger partial charge >= 0.3 is 0 Å². The van der Waals surface area contributed by atoms with Gasteiger partial charge in [-0.25, -0.2) is 15.0 Å². The standard InChI is InChI=1S/C55H34N4S/c1-2-14-37(15-3-1)53-56-54(38-28-26-36(27-29-38)43-20-12-21-47-46-19-8-11-24-51(46)60-52(43)47)58-55(57-53)41-31-32-42(40-30-25-35-13-4-5-16-39(35)33-40)50(34-41)59-48-22-9-6-17-44(48)45-18-7-10-23-49(45)59/h1-34H. The van der Waals surface area contributed by atoms with E-state index in [9.17, 15) is 0 Å². The number of aromatic nitrogens is 4. The molecule has 0 radical (unpaired) electrons. The molecule has 12 aromatic rings. The van der Waals surface area contributed by atoms with Crippen LogP contribution in [0.2, 0.25) is 0 Å². The van der Waals surface area contributed by atoms with Gasteiger partial charge in [-0.3, -0.25) is 0 Å². The van der Waals surface area contributed by atoms with Crippen molar-refractivity contribution >= 4 is 64.1 Å². The van der Waals surface area contributed by atoms with E-state index in [1.54, 1.807) is 0 Å². The van der Waals surface area contributed by atoms with Crippen LogP contribution in [0, 0.1) is 0 Å². The number of benzene rings is 9. The highest BCUT2D eigenvalue weighted by atomic mass is 32.1. The van der Waals surface area contributed by atoms with Crippen LogP contribution < -0.4 is 0 Å². The summed E-state index contributed by atoms with van der Waals surface area (Å²) < 4.78 is 5.00.